The van der Waals surface area contributed by atoms with Crippen LogP contribution < -0.4 is 11.1 Å². The van der Waals surface area contributed by atoms with Crippen LogP contribution in [0, 0.1) is 0 Å². The minimum Gasteiger partial charge on any atom is -0.326 e. The summed E-state index contributed by atoms with van der Waals surface area (Å²) in [5, 5.41) is 3.51. The Morgan fingerprint density at radius 2 is 2.00 bits per heavy atom. The van der Waals surface area contributed by atoms with E-state index in [2.05, 4.69) is 29.6 Å². The molecule has 3 N–H and O–H groups in total. The number of benzene rings is 1. The standard InChI is InChI=1S/C13H20N2/c14-12(10-15-13-7-4-8-13)9-11-5-2-1-3-6-11/h1-3,5-6,12-13,15H,4,7-10,14H2. The molecule has 0 saturated heterocycles. The maximum atomic E-state index is 6.07. The van der Waals surface area contributed by atoms with Gasteiger partial charge in [-0.2, -0.15) is 0 Å². The molecule has 2 heteroatoms. The molecule has 0 aliphatic heterocycles. The van der Waals surface area contributed by atoms with E-state index in [4.69, 9.17) is 5.73 Å². The Bertz CT molecular complexity index is 280. The highest BCUT2D eigenvalue weighted by atomic mass is 14.9. The van der Waals surface area contributed by atoms with Crippen molar-refractivity contribution in [2.45, 2.75) is 37.8 Å². The molecule has 82 valence electrons. The van der Waals surface area contributed by atoms with Gasteiger partial charge in [0, 0.05) is 18.6 Å². The Balaban J connectivity index is 1.69. The monoisotopic (exact) mass is 204 g/mol. The van der Waals surface area contributed by atoms with E-state index in [0.717, 1.165) is 19.0 Å². The molecular formula is C13H20N2. The lowest BCUT2D eigenvalue weighted by Gasteiger charge is -2.28. The van der Waals surface area contributed by atoms with Crippen molar-refractivity contribution in [3.05, 3.63) is 35.9 Å². The summed E-state index contributed by atoms with van der Waals surface area (Å²) < 4.78 is 0. The molecule has 0 radical (unpaired) electrons. The molecule has 0 bridgehead atoms. The Morgan fingerprint density at radius 1 is 1.27 bits per heavy atom. The van der Waals surface area contributed by atoms with Gasteiger partial charge in [-0.3, -0.25) is 0 Å². The molecule has 0 spiro atoms. The highest BCUT2D eigenvalue weighted by Gasteiger charge is 2.17. The average molecular weight is 204 g/mol. The van der Waals surface area contributed by atoms with Crippen molar-refractivity contribution >= 4 is 0 Å². The summed E-state index contributed by atoms with van der Waals surface area (Å²) in [6.45, 7) is 0.944. The first-order valence-electron chi connectivity index (χ1n) is 5.87. The van der Waals surface area contributed by atoms with Gasteiger partial charge in [0.05, 0.1) is 0 Å². The summed E-state index contributed by atoms with van der Waals surface area (Å²) in [6, 6.07) is 11.5. The molecule has 1 aliphatic rings. The quantitative estimate of drug-likeness (QED) is 0.766. The van der Waals surface area contributed by atoms with Gasteiger partial charge in [-0.1, -0.05) is 36.8 Å². The summed E-state index contributed by atoms with van der Waals surface area (Å²) in [7, 11) is 0. The van der Waals surface area contributed by atoms with Gasteiger partial charge in [0.15, 0.2) is 0 Å². The number of rotatable bonds is 5. The normalized spacial score (nSPS) is 18.5. The Hall–Kier alpha value is -0.860. The molecule has 1 aliphatic carbocycles. The molecule has 0 heterocycles. The van der Waals surface area contributed by atoms with Crippen molar-refractivity contribution in [3.63, 3.8) is 0 Å². The van der Waals surface area contributed by atoms with Crippen LogP contribution in [0.5, 0.6) is 0 Å². The van der Waals surface area contributed by atoms with Crippen molar-refractivity contribution in [1.29, 1.82) is 0 Å². The molecular weight excluding hydrogens is 184 g/mol. The Morgan fingerprint density at radius 3 is 2.60 bits per heavy atom. The number of hydrogen-bond donors (Lipinski definition) is 2. The largest absolute Gasteiger partial charge is 0.326 e. The van der Waals surface area contributed by atoms with Crippen LogP contribution in [0.3, 0.4) is 0 Å². The topological polar surface area (TPSA) is 38.0 Å². The van der Waals surface area contributed by atoms with Gasteiger partial charge in [0.1, 0.15) is 0 Å². The van der Waals surface area contributed by atoms with Gasteiger partial charge in [-0.15, -0.1) is 0 Å². The van der Waals surface area contributed by atoms with Gasteiger partial charge in [-0.25, -0.2) is 0 Å². The maximum Gasteiger partial charge on any atom is 0.0206 e. The summed E-state index contributed by atoms with van der Waals surface area (Å²) in [5.74, 6) is 0. The summed E-state index contributed by atoms with van der Waals surface area (Å²) >= 11 is 0. The van der Waals surface area contributed by atoms with Crippen LogP contribution in [-0.2, 0) is 6.42 Å². The third-order valence-corrected chi connectivity index (χ3v) is 3.11. The van der Waals surface area contributed by atoms with Crippen LogP contribution in [-0.4, -0.2) is 18.6 Å². The van der Waals surface area contributed by atoms with Gasteiger partial charge < -0.3 is 11.1 Å². The van der Waals surface area contributed by atoms with Gasteiger partial charge in [0.25, 0.3) is 0 Å². The van der Waals surface area contributed by atoms with Crippen molar-refractivity contribution < 1.29 is 0 Å². The third kappa shape index (κ3) is 3.33. The van der Waals surface area contributed by atoms with E-state index in [1.54, 1.807) is 0 Å². The van der Waals surface area contributed by atoms with Crippen LogP contribution >= 0.6 is 0 Å². The molecule has 2 nitrogen and oxygen atoms in total. The van der Waals surface area contributed by atoms with Crippen molar-refractivity contribution in [3.8, 4) is 0 Å². The van der Waals surface area contributed by atoms with Gasteiger partial charge >= 0.3 is 0 Å². The first-order chi connectivity index (χ1) is 7.34. The van der Waals surface area contributed by atoms with Gasteiger partial charge in [0.2, 0.25) is 0 Å². The molecule has 1 atom stereocenters. The molecule has 1 unspecified atom stereocenters. The first-order valence-corrected chi connectivity index (χ1v) is 5.87. The third-order valence-electron chi connectivity index (χ3n) is 3.11. The average Bonchev–Trinajstić information content (AvgIpc) is 2.17. The fourth-order valence-electron chi connectivity index (χ4n) is 1.92. The van der Waals surface area contributed by atoms with E-state index in [9.17, 15) is 0 Å². The predicted molar refractivity (Wildman–Crippen MR) is 63.8 cm³/mol. The predicted octanol–water partition coefficient (Wildman–Crippen LogP) is 1.70. The van der Waals surface area contributed by atoms with E-state index in [1.807, 2.05) is 6.07 Å². The van der Waals surface area contributed by atoms with Gasteiger partial charge in [-0.05, 0) is 24.8 Å². The van der Waals surface area contributed by atoms with Crippen LogP contribution in [0.15, 0.2) is 30.3 Å². The number of hydrogen-bond acceptors (Lipinski definition) is 2. The summed E-state index contributed by atoms with van der Waals surface area (Å²) in [6.07, 6.45) is 5.02. The molecule has 0 amide bonds. The number of nitrogens with one attached hydrogen (secondary N) is 1. The SMILES string of the molecule is NC(CNC1CCC1)Cc1ccccc1. The lowest BCUT2D eigenvalue weighted by molar-refractivity contribution is 0.331. The zero-order valence-electron chi connectivity index (χ0n) is 9.15. The van der Waals surface area contributed by atoms with E-state index in [1.165, 1.54) is 24.8 Å². The lowest BCUT2D eigenvalue weighted by atomic mass is 9.93. The second-order valence-electron chi connectivity index (χ2n) is 4.49. The smallest absolute Gasteiger partial charge is 0.0206 e. The van der Waals surface area contributed by atoms with Crippen LogP contribution in [0.25, 0.3) is 0 Å². The summed E-state index contributed by atoms with van der Waals surface area (Å²) in [4.78, 5) is 0. The molecule has 1 saturated carbocycles. The molecule has 1 fully saturated rings. The minimum absolute atomic E-state index is 0.244. The summed E-state index contributed by atoms with van der Waals surface area (Å²) in [5.41, 5.74) is 7.40. The molecule has 1 aromatic rings. The zero-order chi connectivity index (χ0) is 10.5. The van der Waals surface area contributed by atoms with E-state index in [-0.39, 0.29) is 6.04 Å². The molecule has 0 aromatic heterocycles. The second-order valence-corrected chi connectivity index (χ2v) is 4.49. The lowest BCUT2D eigenvalue weighted by Crippen LogP contribution is -2.43. The first kappa shape index (κ1) is 10.7. The van der Waals surface area contributed by atoms with Crippen LogP contribution in [0.1, 0.15) is 24.8 Å². The highest BCUT2D eigenvalue weighted by Crippen LogP contribution is 2.17. The van der Waals surface area contributed by atoms with E-state index in [0.29, 0.717) is 0 Å². The van der Waals surface area contributed by atoms with E-state index < -0.39 is 0 Å². The van der Waals surface area contributed by atoms with Crippen molar-refractivity contribution in [2.75, 3.05) is 6.54 Å². The maximum absolute atomic E-state index is 6.07. The molecule has 1 aromatic carbocycles. The zero-order valence-corrected chi connectivity index (χ0v) is 9.15. The number of nitrogens with two attached hydrogens (primary N) is 1. The molecule has 15 heavy (non-hydrogen) atoms. The van der Waals surface area contributed by atoms with Crippen LogP contribution in [0.2, 0.25) is 0 Å². The minimum atomic E-state index is 0.244. The fraction of sp³-hybridized carbons (Fsp3) is 0.538. The van der Waals surface area contributed by atoms with Crippen molar-refractivity contribution in [2.24, 2.45) is 5.73 Å². The Labute approximate surface area is 91.9 Å². The highest BCUT2D eigenvalue weighted by molar-refractivity contribution is 5.15. The van der Waals surface area contributed by atoms with Crippen molar-refractivity contribution in [1.82, 2.24) is 5.32 Å². The molecule has 2 rings (SSSR count). The fourth-order valence-corrected chi connectivity index (χ4v) is 1.92. The Kier molecular flexibility index (Phi) is 3.75. The van der Waals surface area contributed by atoms with E-state index >= 15 is 0 Å². The van der Waals surface area contributed by atoms with Crippen LogP contribution in [0.4, 0.5) is 0 Å². The second kappa shape index (κ2) is 5.29.